The number of piperidine rings is 1. The van der Waals surface area contributed by atoms with E-state index in [2.05, 4.69) is 5.32 Å². The van der Waals surface area contributed by atoms with E-state index in [1.54, 1.807) is 10.4 Å². The summed E-state index contributed by atoms with van der Waals surface area (Å²) in [6.45, 7) is 2.18. The molecule has 1 saturated heterocycles. The van der Waals surface area contributed by atoms with Crippen LogP contribution in [0.1, 0.15) is 12.8 Å². The third-order valence-electron chi connectivity index (χ3n) is 4.43. The average Bonchev–Trinajstić information content (AvgIpc) is 2.55. The third kappa shape index (κ3) is 3.69. The Morgan fingerprint density at radius 1 is 1.09 bits per heavy atom. The monoisotopic (exact) mass is 354 g/mol. The molecule has 0 saturated carbocycles. The molecule has 0 radical (unpaired) electrons. The van der Waals surface area contributed by atoms with Crippen LogP contribution in [0.2, 0.25) is 0 Å². The van der Waals surface area contributed by atoms with Gasteiger partial charge in [0.15, 0.2) is 0 Å². The van der Waals surface area contributed by atoms with Gasteiger partial charge in [-0.25, -0.2) is 8.42 Å². The molecule has 0 aromatic heterocycles. The molecule has 6 heteroatoms. The second-order valence-corrected chi connectivity index (χ2v) is 7.79. The molecule has 1 fully saturated rings. The summed E-state index contributed by atoms with van der Waals surface area (Å²) in [5, 5.41) is 4.95. The van der Waals surface area contributed by atoms with E-state index in [4.69, 9.17) is 0 Å². The minimum absolute atomic E-state index is 0. The highest BCUT2D eigenvalue weighted by molar-refractivity contribution is 7.89. The van der Waals surface area contributed by atoms with Crippen LogP contribution >= 0.6 is 12.4 Å². The molecule has 0 aliphatic carbocycles. The van der Waals surface area contributed by atoms with Gasteiger partial charge in [0.1, 0.15) is 0 Å². The first kappa shape index (κ1) is 18.2. The van der Waals surface area contributed by atoms with Crippen LogP contribution in [0, 0.1) is 5.92 Å². The molecule has 2 aromatic rings. The summed E-state index contributed by atoms with van der Waals surface area (Å²) in [5.41, 5.74) is 0. The number of nitrogens with zero attached hydrogens (tertiary/aromatic N) is 1. The number of hydrogen-bond donors (Lipinski definition) is 1. The fourth-order valence-corrected chi connectivity index (χ4v) is 4.89. The molecular weight excluding hydrogens is 332 g/mol. The smallest absolute Gasteiger partial charge is 0.243 e. The summed E-state index contributed by atoms with van der Waals surface area (Å²) in [6.07, 6.45) is 1.84. The van der Waals surface area contributed by atoms with Crippen LogP contribution in [-0.2, 0) is 10.0 Å². The van der Waals surface area contributed by atoms with Crippen molar-refractivity contribution in [3.05, 3.63) is 42.5 Å². The zero-order chi connectivity index (χ0) is 15.6. The van der Waals surface area contributed by atoms with Crippen LogP contribution in [0.4, 0.5) is 0 Å². The molecule has 0 spiro atoms. The molecule has 1 aliphatic rings. The third-order valence-corrected chi connectivity index (χ3v) is 6.39. The van der Waals surface area contributed by atoms with Gasteiger partial charge >= 0.3 is 0 Å². The summed E-state index contributed by atoms with van der Waals surface area (Å²) in [7, 11) is -1.47. The summed E-state index contributed by atoms with van der Waals surface area (Å²) in [5.74, 6) is 0.573. The van der Waals surface area contributed by atoms with Crippen molar-refractivity contribution in [2.45, 2.75) is 17.7 Å². The number of halogens is 1. The summed E-state index contributed by atoms with van der Waals surface area (Å²) >= 11 is 0. The van der Waals surface area contributed by atoms with Crippen molar-refractivity contribution in [1.29, 1.82) is 0 Å². The number of nitrogens with one attached hydrogen (secondary N) is 1. The van der Waals surface area contributed by atoms with Crippen molar-refractivity contribution in [2.24, 2.45) is 5.92 Å². The molecule has 0 amide bonds. The van der Waals surface area contributed by atoms with Gasteiger partial charge < -0.3 is 5.32 Å². The second-order valence-electron chi connectivity index (χ2n) is 5.88. The minimum Gasteiger partial charge on any atom is -0.319 e. The molecule has 1 heterocycles. The fourth-order valence-electron chi connectivity index (χ4n) is 3.20. The first-order chi connectivity index (χ1) is 10.6. The molecule has 126 valence electrons. The Hall–Kier alpha value is -1.14. The van der Waals surface area contributed by atoms with Gasteiger partial charge in [-0.3, -0.25) is 0 Å². The van der Waals surface area contributed by atoms with Gasteiger partial charge in [0.25, 0.3) is 0 Å². The Kier molecular flexibility index (Phi) is 6.03. The maximum absolute atomic E-state index is 13.0. The first-order valence-electron chi connectivity index (χ1n) is 7.75. The van der Waals surface area contributed by atoms with Gasteiger partial charge in [0.05, 0.1) is 4.90 Å². The summed E-state index contributed by atoms with van der Waals surface area (Å²) in [6, 6.07) is 13.2. The van der Waals surface area contributed by atoms with Crippen LogP contribution in [0.5, 0.6) is 0 Å². The number of sulfonamides is 1. The molecule has 3 rings (SSSR count). The van der Waals surface area contributed by atoms with Crippen molar-refractivity contribution in [3.63, 3.8) is 0 Å². The number of fused-ring (bicyclic) bond motifs is 1. The van der Waals surface area contributed by atoms with E-state index in [0.29, 0.717) is 23.9 Å². The normalized spacial score (nSPS) is 17.1. The molecule has 1 aliphatic heterocycles. The summed E-state index contributed by atoms with van der Waals surface area (Å²) < 4.78 is 27.6. The quantitative estimate of drug-likeness (QED) is 0.918. The van der Waals surface area contributed by atoms with E-state index in [0.717, 1.165) is 30.2 Å². The lowest BCUT2D eigenvalue weighted by atomic mass is 9.98. The average molecular weight is 355 g/mol. The molecule has 1 N–H and O–H groups in total. The van der Waals surface area contributed by atoms with Crippen LogP contribution in [0.15, 0.2) is 47.4 Å². The van der Waals surface area contributed by atoms with Gasteiger partial charge in [-0.05, 0) is 43.8 Å². The van der Waals surface area contributed by atoms with Gasteiger partial charge in [0, 0.05) is 18.5 Å². The highest BCUT2D eigenvalue weighted by atomic mass is 35.5. The number of hydrogen-bond acceptors (Lipinski definition) is 3. The molecule has 0 bridgehead atoms. The Balaban J connectivity index is 0.00000192. The molecule has 0 atom stereocenters. The van der Waals surface area contributed by atoms with Crippen LogP contribution < -0.4 is 5.32 Å². The molecule has 4 nitrogen and oxygen atoms in total. The maximum atomic E-state index is 13.0. The van der Waals surface area contributed by atoms with Crippen molar-refractivity contribution in [2.75, 3.05) is 26.7 Å². The molecular formula is C17H23ClN2O2S. The Morgan fingerprint density at radius 3 is 2.43 bits per heavy atom. The van der Waals surface area contributed by atoms with E-state index >= 15 is 0 Å². The van der Waals surface area contributed by atoms with Gasteiger partial charge in [0.2, 0.25) is 10.0 Å². The standard InChI is InChI=1S/C17H22N2O2S.ClH/c1-18-13-14-9-11-19(12-10-14)22(20,21)17-8-4-6-15-5-2-3-7-16(15)17;/h2-8,14,18H,9-13H2,1H3;1H. The minimum atomic E-state index is -3.41. The lowest BCUT2D eigenvalue weighted by molar-refractivity contribution is 0.271. The van der Waals surface area contributed by atoms with Crippen molar-refractivity contribution >= 4 is 33.2 Å². The van der Waals surface area contributed by atoms with Crippen molar-refractivity contribution in [3.8, 4) is 0 Å². The largest absolute Gasteiger partial charge is 0.319 e. The molecule has 2 aromatic carbocycles. The van der Waals surface area contributed by atoms with Crippen LogP contribution in [-0.4, -0.2) is 39.4 Å². The fraction of sp³-hybridized carbons (Fsp3) is 0.412. The SMILES string of the molecule is CNCC1CCN(S(=O)(=O)c2cccc3ccccc23)CC1.Cl. The van der Waals surface area contributed by atoms with E-state index in [1.807, 2.05) is 43.4 Å². The van der Waals surface area contributed by atoms with Gasteiger partial charge in [-0.1, -0.05) is 36.4 Å². The van der Waals surface area contributed by atoms with Gasteiger partial charge in [-0.2, -0.15) is 4.31 Å². The predicted molar refractivity (Wildman–Crippen MR) is 96.6 cm³/mol. The van der Waals surface area contributed by atoms with Crippen molar-refractivity contribution < 1.29 is 8.42 Å². The number of benzene rings is 2. The van der Waals surface area contributed by atoms with Gasteiger partial charge in [-0.15, -0.1) is 12.4 Å². The zero-order valence-corrected chi connectivity index (χ0v) is 14.9. The Bertz CT molecular complexity index is 751. The predicted octanol–water partition coefficient (Wildman–Crippen LogP) is 2.88. The van der Waals surface area contributed by atoms with E-state index in [-0.39, 0.29) is 12.4 Å². The topological polar surface area (TPSA) is 49.4 Å². The zero-order valence-electron chi connectivity index (χ0n) is 13.2. The highest BCUT2D eigenvalue weighted by Crippen LogP contribution is 2.28. The molecule has 0 unspecified atom stereocenters. The number of rotatable bonds is 4. The molecule has 23 heavy (non-hydrogen) atoms. The van der Waals surface area contributed by atoms with E-state index < -0.39 is 10.0 Å². The summed E-state index contributed by atoms with van der Waals surface area (Å²) in [4.78, 5) is 0.428. The Morgan fingerprint density at radius 2 is 1.74 bits per heavy atom. The lowest BCUT2D eigenvalue weighted by Gasteiger charge is -2.31. The Labute approximate surface area is 144 Å². The highest BCUT2D eigenvalue weighted by Gasteiger charge is 2.30. The van der Waals surface area contributed by atoms with E-state index in [9.17, 15) is 8.42 Å². The van der Waals surface area contributed by atoms with E-state index in [1.165, 1.54) is 0 Å². The second kappa shape index (κ2) is 7.62. The van der Waals surface area contributed by atoms with Crippen LogP contribution in [0.3, 0.4) is 0 Å². The lowest BCUT2D eigenvalue weighted by Crippen LogP contribution is -2.40. The first-order valence-corrected chi connectivity index (χ1v) is 9.19. The van der Waals surface area contributed by atoms with Crippen molar-refractivity contribution in [1.82, 2.24) is 9.62 Å². The maximum Gasteiger partial charge on any atom is 0.243 e. The van der Waals surface area contributed by atoms with Crippen LogP contribution in [0.25, 0.3) is 10.8 Å².